The molecule has 0 unspecified atom stereocenters. The van der Waals surface area contributed by atoms with Gasteiger partial charge in [-0.3, -0.25) is 19.7 Å². The van der Waals surface area contributed by atoms with Crippen molar-refractivity contribution in [2.24, 2.45) is 5.92 Å². The van der Waals surface area contributed by atoms with Crippen LogP contribution in [0.1, 0.15) is 23.3 Å². The van der Waals surface area contributed by atoms with E-state index in [1.54, 1.807) is 41.4 Å². The Balaban J connectivity index is 1.34. The first kappa shape index (κ1) is 19.1. The molecule has 2 N–H and O–H groups in total. The normalized spacial score (nSPS) is 14.6. The zero-order valence-corrected chi connectivity index (χ0v) is 16.4. The molecule has 148 valence electrons. The van der Waals surface area contributed by atoms with Crippen molar-refractivity contribution in [2.45, 2.75) is 12.8 Å². The molecule has 0 bridgehead atoms. The summed E-state index contributed by atoms with van der Waals surface area (Å²) in [6.45, 7) is 1.04. The van der Waals surface area contributed by atoms with Gasteiger partial charge in [0.05, 0.1) is 5.69 Å². The molecule has 8 heteroatoms. The zero-order chi connectivity index (χ0) is 20.2. The maximum atomic E-state index is 12.8. The molecule has 0 saturated carbocycles. The Hall–Kier alpha value is -3.19. The Morgan fingerprint density at radius 2 is 1.90 bits per heavy atom. The molecule has 0 aliphatic carbocycles. The van der Waals surface area contributed by atoms with Gasteiger partial charge < -0.3 is 10.2 Å². The van der Waals surface area contributed by atoms with Crippen molar-refractivity contribution in [3.63, 3.8) is 0 Å². The Morgan fingerprint density at radius 3 is 2.62 bits per heavy atom. The van der Waals surface area contributed by atoms with Gasteiger partial charge in [0.15, 0.2) is 0 Å². The summed E-state index contributed by atoms with van der Waals surface area (Å²) in [5, 5.41) is 10.5. The molecule has 1 fully saturated rings. The van der Waals surface area contributed by atoms with Gasteiger partial charge in [0.25, 0.3) is 5.91 Å². The number of benzene rings is 1. The van der Waals surface area contributed by atoms with Crippen LogP contribution in [0.3, 0.4) is 0 Å². The van der Waals surface area contributed by atoms with Crippen molar-refractivity contribution in [3.05, 3.63) is 65.4 Å². The van der Waals surface area contributed by atoms with Crippen LogP contribution in [0.2, 0.25) is 5.02 Å². The molecule has 29 heavy (non-hydrogen) atoms. The van der Waals surface area contributed by atoms with Crippen LogP contribution in [0, 0.1) is 5.92 Å². The first-order valence-corrected chi connectivity index (χ1v) is 9.80. The minimum atomic E-state index is -0.135. The summed E-state index contributed by atoms with van der Waals surface area (Å²) in [6, 6.07) is 14.3. The van der Waals surface area contributed by atoms with E-state index >= 15 is 0 Å². The molecular weight excluding hydrogens is 390 g/mol. The maximum Gasteiger partial charge on any atom is 0.271 e. The number of halogens is 1. The molecule has 1 saturated heterocycles. The van der Waals surface area contributed by atoms with Crippen LogP contribution in [0.15, 0.2) is 54.7 Å². The van der Waals surface area contributed by atoms with Gasteiger partial charge in [-0.15, -0.1) is 0 Å². The van der Waals surface area contributed by atoms with Crippen molar-refractivity contribution < 1.29 is 9.59 Å². The summed E-state index contributed by atoms with van der Waals surface area (Å²) in [7, 11) is 0. The predicted octanol–water partition coefficient (Wildman–Crippen LogP) is 3.62. The van der Waals surface area contributed by atoms with E-state index in [0.717, 1.165) is 0 Å². The third kappa shape index (κ3) is 4.46. The molecule has 4 rings (SSSR count). The van der Waals surface area contributed by atoms with Gasteiger partial charge in [-0.2, -0.15) is 5.10 Å². The average Bonchev–Trinajstić information content (AvgIpc) is 3.24. The second-order valence-corrected chi connectivity index (χ2v) is 7.38. The van der Waals surface area contributed by atoms with Crippen LogP contribution >= 0.6 is 11.6 Å². The number of nitrogens with one attached hydrogen (secondary N) is 2. The Labute approximate surface area is 173 Å². The number of hydrogen-bond acceptors (Lipinski definition) is 4. The fourth-order valence-electron chi connectivity index (χ4n) is 3.40. The largest absolute Gasteiger partial charge is 0.337 e. The highest BCUT2D eigenvalue weighted by atomic mass is 35.5. The van der Waals surface area contributed by atoms with Crippen LogP contribution in [-0.4, -0.2) is 45.0 Å². The number of pyridine rings is 1. The van der Waals surface area contributed by atoms with E-state index in [1.807, 2.05) is 18.2 Å². The zero-order valence-electron chi connectivity index (χ0n) is 15.6. The van der Waals surface area contributed by atoms with Gasteiger partial charge in [0, 0.05) is 35.9 Å². The quantitative estimate of drug-likeness (QED) is 0.688. The van der Waals surface area contributed by atoms with Gasteiger partial charge >= 0.3 is 0 Å². The number of likely N-dealkylation sites (tertiary alicyclic amines) is 1. The number of amides is 2. The minimum Gasteiger partial charge on any atom is -0.337 e. The lowest BCUT2D eigenvalue weighted by molar-refractivity contribution is -0.121. The minimum absolute atomic E-state index is 0.0432. The van der Waals surface area contributed by atoms with E-state index in [1.165, 1.54) is 0 Å². The van der Waals surface area contributed by atoms with Crippen molar-refractivity contribution >= 4 is 29.1 Å². The molecule has 2 amide bonds. The number of nitrogens with zero attached hydrogens (tertiary/aromatic N) is 3. The van der Waals surface area contributed by atoms with Crippen molar-refractivity contribution in [1.82, 2.24) is 20.1 Å². The van der Waals surface area contributed by atoms with E-state index in [2.05, 4.69) is 20.5 Å². The van der Waals surface area contributed by atoms with Gasteiger partial charge in [0.2, 0.25) is 5.91 Å². The number of aromatic nitrogens is 3. The van der Waals surface area contributed by atoms with Gasteiger partial charge in [-0.1, -0.05) is 23.7 Å². The molecule has 1 aliphatic heterocycles. The summed E-state index contributed by atoms with van der Waals surface area (Å²) in [4.78, 5) is 31.3. The number of carbonyl (C=O) groups excluding carboxylic acids is 2. The molecule has 2 aromatic heterocycles. The summed E-state index contributed by atoms with van der Waals surface area (Å²) >= 11 is 5.96. The van der Waals surface area contributed by atoms with Crippen LogP contribution < -0.4 is 5.32 Å². The highest BCUT2D eigenvalue weighted by Gasteiger charge is 2.28. The van der Waals surface area contributed by atoms with E-state index < -0.39 is 0 Å². The first-order valence-electron chi connectivity index (χ1n) is 9.42. The fourth-order valence-corrected chi connectivity index (χ4v) is 3.59. The molecule has 3 aromatic rings. The first-order chi connectivity index (χ1) is 14.1. The number of H-pyrrole nitrogens is 1. The smallest absolute Gasteiger partial charge is 0.271 e. The van der Waals surface area contributed by atoms with Crippen molar-refractivity contribution in [3.8, 4) is 11.4 Å². The van der Waals surface area contributed by atoms with Crippen LogP contribution in [0.25, 0.3) is 11.4 Å². The summed E-state index contributed by atoms with van der Waals surface area (Å²) in [5.41, 5.74) is 2.44. The molecular formula is C21H20ClN5O2. The van der Waals surface area contributed by atoms with Crippen LogP contribution in [0.5, 0.6) is 0 Å². The average molecular weight is 410 g/mol. The lowest BCUT2D eigenvalue weighted by Gasteiger charge is -2.31. The number of carbonyl (C=O) groups is 2. The van der Waals surface area contributed by atoms with E-state index in [-0.39, 0.29) is 17.7 Å². The topological polar surface area (TPSA) is 91.0 Å². The predicted molar refractivity (Wildman–Crippen MR) is 111 cm³/mol. The second kappa shape index (κ2) is 8.45. The SMILES string of the molecule is O=C(Nc1cccc(Cl)c1)C1CCN(C(=O)c2cc(-c3ccccn3)n[nH]2)CC1. The van der Waals surface area contributed by atoms with Crippen molar-refractivity contribution in [2.75, 3.05) is 18.4 Å². The van der Waals surface area contributed by atoms with Crippen molar-refractivity contribution in [1.29, 1.82) is 0 Å². The number of anilines is 1. The van der Waals surface area contributed by atoms with Gasteiger partial charge in [0.1, 0.15) is 11.4 Å². The molecule has 1 aliphatic rings. The Bertz CT molecular complexity index is 1010. The second-order valence-electron chi connectivity index (χ2n) is 6.95. The molecule has 0 atom stereocenters. The molecule has 0 spiro atoms. The number of hydrogen-bond donors (Lipinski definition) is 2. The monoisotopic (exact) mass is 409 g/mol. The Kier molecular flexibility index (Phi) is 5.57. The number of rotatable bonds is 4. The standard InChI is InChI=1S/C21H20ClN5O2/c22-15-4-3-5-16(12-15)24-20(28)14-7-10-27(11-8-14)21(29)19-13-18(25-26-19)17-6-1-2-9-23-17/h1-6,9,12-14H,7-8,10-11H2,(H,24,28)(H,25,26). The molecule has 1 aromatic carbocycles. The lowest BCUT2D eigenvalue weighted by atomic mass is 9.95. The van der Waals surface area contributed by atoms with Gasteiger partial charge in [-0.05, 0) is 49.2 Å². The summed E-state index contributed by atoms with van der Waals surface area (Å²) in [6.07, 6.45) is 2.91. The van der Waals surface area contributed by atoms with Crippen LogP contribution in [0.4, 0.5) is 5.69 Å². The van der Waals surface area contributed by atoms with E-state index in [9.17, 15) is 9.59 Å². The fraction of sp³-hybridized carbons (Fsp3) is 0.238. The lowest BCUT2D eigenvalue weighted by Crippen LogP contribution is -2.41. The highest BCUT2D eigenvalue weighted by Crippen LogP contribution is 2.23. The molecule has 7 nitrogen and oxygen atoms in total. The maximum absolute atomic E-state index is 12.8. The van der Waals surface area contributed by atoms with E-state index in [4.69, 9.17) is 11.6 Å². The summed E-state index contributed by atoms with van der Waals surface area (Å²) < 4.78 is 0. The van der Waals surface area contributed by atoms with E-state index in [0.29, 0.717) is 53.7 Å². The molecule has 3 heterocycles. The number of piperidine rings is 1. The van der Waals surface area contributed by atoms with Crippen LogP contribution in [-0.2, 0) is 4.79 Å². The number of aromatic amines is 1. The summed E-state index contributed by atoms with van der Waals surface area (Å²) in [5.74, 6) is -0.296. The highest BCUT2D eigenvalue weighted by molar-refractivity contribution is 6.30. The molecule has 0 radical (unpaired) electrons. The van der Waals surface area contributed by atoms with Gasteiger partial charge in [-0.25, -0.2) is 0 Å². The third-order valence-electron chi connectivity index (χ3n) is 4.98. The third-order valence-corrected chi connectivity index (χ3v) is 5.22. The Morgan fingerprint density at radius 1 is 1.07 bits per heavy atom.